The maximum atomic E-state index is 13.0. The quantitative estimate of drug-likeness (QED) is 0.527. The second kappa shape index (κ2) is 8.97. The van der Waals surface area contributed by atoms with E-state index >= 15 is 0 Å². The van der Waals surface area contributed by atoms with Crippen molar-refractivity contribution in [3.05, 3.63) is 58.0 Å². The minimum Gasteiger partial charge on any atom is -0.469 e. The molecular weight excluding hydrogens is 410 g/mol. The SMILES string of the molecule is Cc1ccc([N+](=O)[O-])cc1S(=O)(=O)N1CCC(C(=O)NC(C)Cc2ccco2)CC1. The topological polar surface area (TPSA) is 123 Å². The van der Waals surface area contributed by atoms with Crippen LogP contribution in [0.3, 0.4) is 0 Å². The van der Waals surface area contributed by atoms with Gasteiger partial charge in [-0.25, -0.2) is 8.42 Å². The highest BCUT2D eigenvalue weighted by Gasteiger charge is 2.34. The number of non-ortho nitro benzene ring substituents is 1. The average molecular weight is 436 g/mol. The van der Waals surface area contributed by atoms with Crippen LogP contribution in [0.4, 0.5) is 5.69 Å². The third-order valence-corrected chi connectivity index (χ3v) is 7.34. The summed E-state index contributed by atoms with van der Waals surface area (Å²) in [6, 6.07) is 7.36. The predicted octanol–water partition coefficient (Wildman–Crippen LogP) is 2.64. The van der Waals surface area contributed by atoms with Crippen molar-refractivity contribution in [3.8, 4) is 0 Å². The van der Waals surface area contributed by atoms with Gasteiger partial charge in [0.25, 0.3) is 5.69 Å². The lowest BCUT2D eigenvalue weighted by molar-refractivity contribution is -0.385. The Balaban J connectivity index is 1.61. The van der Waals surface area contributed by atoms with Gasteiger partial charge in [0.1, 0.15) is 5.76 Å². The fraction of sp³-hybridized carbons (Fsp3) is 0.450. The molecule has 1 aliphatic rings. The van der Waals surface area contributed by atoms with E-state index in [1.54, 1.807) is 19.3 Å². The van der Waals surface area contributed by atoms with Gasteiger partial charge in [-0.3, -0.25) is 14.9 Å². The van der Waals surface area contributed by atoms with Crippen molar-refractivity contribution in [2.24, 2.45) is 5.92 Å². The van der Waals surface area contributed by atoms with E-state index in [9.17, 15) is 23.3 Å². The summed E-state index contributed by atoms with van der Waals surface area (Å²) in [5.74, 6) is 0.412. The van der Waals surface area contributed by atoms with Gasteiger partial charge >= 0.3 is 0 Å². The van der Waals surface area contributed by atoms with E-state index < -0.39 is 14.9 Å². The summed E-state index contributed by atoms with van der Waals surface area (Å²) in [6.07, 6.45) is 2.96. The van der Waals surface area contributed by atoms with E-state index in [-0.39, 0.29) is 41.5 Å². The third-order valence-electron chi connectivity index (χ3n) is 5.30. The van der Waals surface area contributed by atoms with Crippen LogP contribution in [0.2, 0.25) is 0 Å². The van der Waals surface area contributed by atoms with Crippen molar-refractivity contribution in [2.45, 2.75) is 44.0 Å². The normalized spacial score (nSPS) is 16.9. The van der Waals surface area contributed by atoms with Crippen molar-refractivity contribution >= 4 is 21.6 Å². The highest BCUT2D eigenvalue weighted by atomic mass is 32.2. The van der Waals surface area contributed by atoms with Crippen molar-refractivity contribution in [3.63, 3.8) is 0 Å². The summed E-state index contributed by atoms with van der Waals surface area (Å²) < 4.78 is 32.6. The monoisotopic (exact) mass is 435 g/mol. The summed E-state index contributed by atoms with van der Waals surface area (Å²) in [7, 11) is -3.87. The van der Waals surface area contributed by atoms with E-state index in [4.69, 9.17) is 4.42 Å². The van der Waals surface area contributed by atoms with Crippen LogP contribution >= 0.6 is 0 Å². The van der Waals surface area contributed by atoms with E-state index in [0.717, 1.165) is 11.8 Å². The lowest BCUT2D eigenvalue weighted by Gasteiger charge is -2.31. The fourth-order valence-corrected chi connectivity index (χ4v) is 5.33. The van der Waals surface area contributed by atoms with Gasteiger partial charge in [0.15, 0.2) is 0 Å². The number of rotatable bonds is 7. The summed E-state index contributed by atoms with van der Waals surface area (Å²) in [5.41, 5.74) is 0.186. The molecule has 0 spiro atoms. The van der Waals surface area contributed by atoms with Crippen LogP contribution in [-0.4, -0.2) is 42.7 Å². The summed E-state index contributed by atoms with van der Waals surface area (Å²) in [6.45, 7) is 3.88. The smallest absolute Gasteiger partial charge is 0.270 e. The molecule has 0 aliphatic carbocycles. The van der Waals surface area contributed by atoms with E-state index in [2.05, 4.69) is 5.32 Å². The molecule has 0 saturated carbocycles. The first-order valence-corrected chi connectivity index (χ1v) is 11.2. The number of nitrogens with zero attached hydrogens (tertiary/aromatic N) is 2. The third kappa shape index (κ3) is 4.88. The Kier molecular flexibility index (Phi) is 6.57. The molecule has 30 heavy (non-hydrogen) atoms. The van der Waals surface area contributed by atoms with Crippen molar-refractivity contribution in [2.75, 3.05) is 13.1 Å². The van der Waals surface area contributed by atoms with Crippen molar-refractivity contribution in [1.29, 1.82) is 0 Å². The molecule has 1 aromatic heterocycles. The number of hydrogen-bond acceptors (Lipinski definition) is 6. The number of sulfonamides is 1. The zero-order chi connectivity index (χ0) is 21.9. The van der Waals surface area contributed by atoms with Crippen LogP contribution in [0, 0.1) is 23.0 Å². The molecule has 1 amide bonds. The second-order valence-corrected chi connectivity index (χ2v) is 9.48. The molecular formula is C20H25N3O6S. The van der Waals surface area contributed by atoms with Gasteiger partial charge in [-0.2, -0.15) is 4.31 Å². The molecule has 2 aromatic rings. The summed E-state index contributed by atoms with van der Waals surface area (Å²) in [4.78, 5) is 22.9. The highest BCUT2D eigenvalue weighted by Crippen LogP contribution is 2.28. The zero-order valence-electron chi connectivity index (χ0n) is 16.9. The minimum absolute atomic E-state index is 0.0633. The molecule has 1 unspecified atom stereocenters. The highest BCUT2D eigenvalue weighted by molar-refractivity contribution is 7.89. The number of nitrogens with one attached hydrogen (secondary N) is 1. The molecule has 9 nitrogen and oxygen atoms in total. The van der Waals surface area contributed by atoms with E-state index in [1.165, 1.54) is 16.4 Å². The number of nitro benzene ring substituents is 1. The molecule has 1 saturated heterocycles. The molecule has 10 heteroatoms. The summed E-state index contributed by atoms with van der Waals surface area (Å²) in [5, 5.41) is 14.0. The molecule has 1 atom stereocenters. The Morgan fingerprint density at radius 2 is 2.03 bits per heavy atom. The maximum Gasteiger partial charge on any atom is 0.270 e. The number of carbonyl (C=O) groups excluding carboxylic acids is 1. The van der Waals surface area contributed by atoms with Crippen LogP contribution in [0.15, 0.2) is 45.9 Å². The first kappa shape index (κ1) is 22.0. The van der Waals surface area contributed by atoms with Gasteiger partial charge in [0, 0.05) is 43.6 Å². The average Bonchev–Trinajstić information content (AvgIpc) is 3.20. The van der Waals surface area contributed by atoms with Crippen LogP contribution in [0.25, 0.3) is 0 Å². The van der Waals surface area contributed by atoms with Crippen LogP contribution in [0.1, 0.15) is 31.1 Å². The number of piperidine rings is 1. The maximum absolute atomic E-state index is 13.0. The van der Waals surface area contributed by atoms with Crippen LogP contribution < -0.4 is 5.32 Å². The van der Waals surface area contributed by atoms with Gasteiger partial charge in [-0.15, -0.1) is 0 Å². The van der Waals surface area contributed by atoms with Gasteiger partial charge in [-0.1, -0.05) is 6.07 Å². The Bertz CT molecular complexity index is 1010. The number of nitro groups is 1. The van der Waals surface area contributed by atoms with Crippen molar-refractivity contribution in [1.82, 2.24) is 9.62 Å². The largest absolute Gasteiger partial charge is 0.469 e. The first-order valence-electron chi connectivity index (χ1n) is 9.76. The molecule has 162 valence electrons. The molecule has 3 rings (SSSR count). The number of carbonyl (C=O) groups is 1. The van der Waals surface area contributed by atoms with Crippen LogP contribution in [-0.2, 0) is 21.2 Å². The molecule has 1 aliphatic heterocycles. The fourth-order valence-electron chi connectivity index (χ4n) is 3.62. The number of aryl methyl sites for hydroxylation is 1. The minimum atomic E-state index is -3.87. The Morgan fingerprint density at radius 3 is 2.63 bits per heavy atom. The number of benzene rings is 1. The van der Waals surface area contributed by atoms with E-state index in [1.807, 2.05) is 13.0 Å². The van der Waals surface area contributed by atoms with Crippen molar-refractivity contribution < 1.29 is 22.6 Å². The molecule has 1 aromatic carbocycles. The lowest BCUT2D eigenvalue weighted by atomic mass is 9.96. The predicted molar refractivity (Wildman–Crippen MR) is 109 cm³/mol. The molecule has 1 N–H and O–H groups in total. The molecule has 0 radical (unpaired) electrons. The van der Waals surface area contributed by atoms with E-state index in [0.29, 0.717) is 24.8 Å². The molecule has 1 fully saturated rings. The first-order chi connectivity index (χ1) is 14.2. The van der Waals surface area contributed by atoms with Gasteiger partial charge < -0.3 is 9.73 Å². The van der Waals surface area contributed by atoms with Gasteiger partial charge in [-0.05, 0) is 44.4 Å². The Hall–Kier alpha value is -2.72. The van der Waals surface area contributed by atoms with Crippen LogP contribution in [0.5, 0.6) is 0 Å². The summed E-state index contributed by atoms with van der Waals surface area (Å²) >= 11 is 0. The lowest BCUT2D eigenvalue weighted by Crippen LogP contribution is -2.45. The molecule has 2 heterocycles. The number of furan rings is 1. The van der Waals surface area contributed by atoms with Gasteiger partial charge in [0.05, 0.1) is 16.1 Å². The second-order valence-electron chi connectivity index (χ2n) is 7.58. The standard InChI is InChI=1S/C20H25N3O6S/c1-14-5-6-17(23(25)26)13-19(14)30(27,28)22-9-7-16(8-10-22)20(24)21-15(2)12-18-4-3-11-29-18/h3-6,11,13,15-16H,7-10,12H2,1-2H3,(H,21,24). The Labute approximate surface area is 175 Å². The molecule has 0 bridgehead atoms. The number of amides is 1. The van der Waals surface area contributed by atoms with Gasteiger partial charge in [0.2, 0.25) is 15.9 Å². The Morgan fingerprint density at radius 1 is 1.33 bits per heavy atom. The zero-order valence-corrected chi connectivity index (χ0v) is 17.7. The number of hydrogen-bond donors (Lipinski definition) is 1.